The predicted molar refractivity (Wildman–Crippen MR) is 91.1 cm³/mol. The molecule has 2 atom stereocenters. The summed E-state index contributed by atoms with van der Waals surface area (Å²) < 4.78 is 1.94. The highest BCUT2D eigenvalue weighted by molar-refractivity contribution is 5.96. The van der Waals surface area contributed by atoms with Crippen LogP contribution in [0.4, 0.5) is 5.69 Å². The van der Waals surface area contributed by atoms with Crippen molar-refractivity contribution in [2.45, 2.75) is 72.8 Å². The molecule has 4 saturated carbocycles. The molecule has 0 saturated heterocycles. The maximum atomic E-state index is 13.3. The monoisotopic (exact) mass is 315 g/mol. The van der Waals surface area contributed by atoms with Gasteiger partial charge < -0.3 is 5.32 Å². The highest BCUT2D eigenvalue weighted by Crippen LogP contribution is 2.69. The molecule has 126 valence electrons. The number of nitrogens with zero attached hydrogens (tertiary/aromatic N) is 2. The van der Waals surface area contributed by atoms with Gasteiger partial charge >= 0.3 is 0 Å². The predicted octanol–water partition coefficient (Wildman–Crippen LogP) is 4.15. The van der Waals surface area contributed by atoms with Crippen LogP contribution < -0.4 is 5.32 Å². The lowest BCUT2D eigenvalue weighted by molar-refractivity contribution is -0.165. The number of hydrogen-bond acceptors (Lipinski definition) is 2. The van der Waals surface area contributed by atoms with Crippen LogP contribution in [0, 0.1) is 29.1 Å². The number of aryl methyl sites for hydroxylation is 1. The Morgan fingerprint density at radius 3 is 2.43 bits per heavy atom. The fraction of sp³-hybridized carbons (Fsp3) is 0.789. The molecule has 0 aromatic carbocycles. The zero-order chi connectivity index (χ0) is 16.5. The molecule has 1 N–H and O–H groups in total. The van der Waals surface area contributed by atoms with Gasteiger partial charge in [0.2, 0.25) is 5.91 Å². The first kappa shape index (κ1) is 15.2. The number of nitrogens with one attached hydrogen (secondary N) is 1. The maximum Gasteiger partial charge on any atom is 0.230 e. The van der Waals surface area contributed by atoms with Crippen LogP contribution in [0.2, 0.25) is 0 Å². The summed E-state index contributed by atoms with van der Waals surface area (Å²) in [6.45, 7) is 9.78. The second-order valence-electron chi connectivity index (χ2n) is 9.32. The Morgan fingerprint density at radius 2 is 1.91 bits per heavy atom. The third kappa shape index (κ3) is 2.25. The third-order valence-electron chi connectivity index (χ3n) is 6.76. The lowest BCUT2D eigenvalue weighted by Crippen LogP contribution is -2.58. The van der Waals surface area contributed by atoms with Crippen molar-refractivity contribution in [3.05, 3.63) is 11.9 Å². The summed E-state index contributed by atoms with van der Waals surface area (Å²) in [7, 11) is 0. The van der Waals surface area contributed by atoms with E-state index in [1.165, 1.54) is 19.3 Å². The van der Waals surface area contributed by atoms with Gasteiger partial charge in [-0.05, 0) is 69.1 Å². The molecule has 1 aromatic rings. The highest BCUT2D eigenvalue weighted by Gasteiger charge is 2.62. The average molecular weight is 315 g/mol. The van der Waals surface area contributed by atoms with E-state index in [4.69, 9.17) is 0 Å². The number of amides is 1. The molecule has 0 spiro atoms. The fourth-order valence-corrected chi connectivity index (χ4v) is 6.84. The minimum Gasteiger partial charge on any atom is -0.323 e. The van der Waals surface area contributed by atoms with Gasteiger partial charge in [0.05, 0.1) is 23.0 Å². The van der Waals surface area contributed by atoms with Crippen LogP contribution in [0.25, 0.3) is 0 Å². The first-order valence-corrected chi connectivity index (χ1v) is 9.10. The lowest BCUT2D eigenvalue weighted by Gasteiger charge is -2.64. The van der Waals surface area contributed by atoms with Gasteiger partial charge in [-0.15, -0.1) is 0 Å². The summed E-state index contributed by atoms with van der Waals surface area (Å²) >= 11 is 0. The van der Waals surface area contributed by atoms with Crippen LogP contribution in [0.15, 0.2) is 6.20 Å². The van der Waals surface area contributed by atoms with Crippen LogP contribution in [0.5, 0.6) is 0 Å². The Labute approximate surface area is 139 Å². The molecule has 4 bridgehead atoms. The molecular formula is C19H29N3O. The van der Waals surface area contributed by atoms with Gasteiger partial charge in [-0.2, -0.15) is 5.10 Å². The van der Waals surface area contributed by atoms with E-state index >= 15 is 0 Å². The van der Waals surface area contributed by atoms with Crippen LogP contribution in [-0.4, -0.2) is 15.7 Å². The number of hydrogen-bond donors (Lipinski definition) is 1. The standard InChI is InChI=1S/C19H29N3O/c1-5-22-13(2)15(9-20-22)21-16(23)19-8-14-6-17(3,11-19)10-18(4,7-14)12-19/h9,14H,5-8,10-12H2,1-4H3,(H,21,23)/t14?,17-,18-,19?/m1/s1. The summed E-state index contributed by atoms with van der Waals surface area (Å²) in [5, 5.41) is 7.60. The van der Waals surface area contributed by atoms with E-state index in [9.17, 15) is 4.79 Å². The number of aromatic nitrogens is 2. The van der Waals surface area contributed by atoms with Crippen molar-refractivity contribution in [1.29, 1.82) is 0 Å². The largest absolute Gasteiger partial charge is 0.323 e. The number of rotatable bonds is 3. The molecule has 4 aliphatic carbocycles. The Balaban J connectivity index is 1.62. The van der Waals surface area contributed by atoms with Gasteiger partial charge in [-0.1, -0.05) is 13.8 Å². The lowest BCUT2D eigenvalue weighted by atomic mass is 9.40. The molecule has 4 fully saturated rings. The quantitative estimate of drug-likeness (QED) is 0.911. The van der Waals surface area contributed by atoms with E-state index in [1.54, 1.807) is 6.20 Å². The van der Waals surface area contributed by atoms with Crippen LogP contribution in [0.3, 0.4) is 0 Å². The van der Waals surface area contributed by atoms with E-state index < -0.39 is 0 Å². The Hall–Kier alpha value is -1.32. The molecule has 0 unspecified atom stereocenters. The second-order valence-corrected chi connectivity index (χ2v) is 9.32. The van der Waals surface area contributed by atoms with Gasteiger partial charge in [-0.25, -0.2) is 0 Å². The zero-order valence-corrected chi connectivity index (χ0v) is 14.9. The third-order valence-corrected chi connectivity index (χ3v) is 6.76. The van der Waals surface area contributed by atoms with Gasteiger partial charge in [0, 0.05) is 6.54 Å². The van der Waals surface area contributed by atoms with Crippen LogP contribution >= 0.6 is 0 Å². The second kappa shape index (κ2) is 4.61. The van der Waals surface area contributed by atoms with Gasteiger partial charge in [0.25, 0.3) is 0 Å². The van der Waals surface area contributed by atoms with Gasteiger partial charge in [0.15, 0.2) is 0 Å². The first-order chi connectivity index (χ1) is 10.8. The molecule has 4 aliphatic rings. The van der Waals surface area contributed by atoms with Crippen molar-refractivity contribution < 1.29 is 4.79 Å². The Kier molecular flexibility index (Phi) is 3.05. The summed E-state index contributed by atoms with van der Waals surface area (Å²) in [5.74, 6) is 0.990. The van der Waals surface area contributed by atoms with Crippen molar-refractivity contribution in [2.24, 2.45) is 22.2 Å². The van der Waals surface area contributed by atoms with E-state index in [2.05, 4.69) is 31.2 Å². The summed E-state index contributed by atoms with van der Waals surface area (Å²) in [4.78, 5) is 13.3. The molecule has 4 heteroatoms. The van der Waals surface area contributed by atoms with E-state index in [0.29, 0.717) is 10.8 Å². The molecule has 0 aliphatic heterocycles. The van der Waals surface area contributed by atoms with Crippen molar-refractivity contribution in [3.8, 4) is 0 Å². The molecule has 0 radical (unpaired) electrons. The molecule has 1 aromatic heterocycles. The Bertz CT molecular complexity index is 644. The minimum absolute atomic E-state index is 0.149. The van der Waals surface area contributed by atoms with Crippen molar-refractivity contribution in [3.63, 3.8) is 0 Å². The van der Waals surface area contributed by atoms with Crippen molar-refractivity contribution in [1.82, 2.24) is 9.78 Å². The molecule has 5 rings (SSSR count). The molecule has 1 heterocycles. The van der Waals surface area contributed by atoms with Gasteiger partial charge in [-0.3, -0.25) is 9.48 Å². The number of carbonyl (C=O) groups excluding carboxylic acids is 1. The molecule has 1 amide bonds. The SMILES string of the molecule is CCn1ncc(NC(=O)C23CC4C[C@@](C)(C2)C[C@@](C)(C4)C3)c1C. The van der Waals surface area contributed by atoms with E-state index in [1.807, 2.05) is 11.6 Å². The first-order valence-electron chi connectivity index (χ1n) is 9.10. The number of anilines is 1. The summed E-state index contributed by atoms with van der Waals surface area (Å²) in [5.41, 5.74) is 2.54. The zero-order valence-electron chi connectivity index (χ0n) is 14.9. The molecular weight excluding hydrogens is 286 g/mol. The van der Waals surface area contributed by atoms with Crippen LogP contribution in [0.1, 0.15) is 65.0 Å². The normalized spacial score (nSPS) is 41.3. The van der Waals surface area contributed by atoms with Crippen LogP contribution in [-0.2, 0) is 11.3 Å². The smallest absolute Gasteiger partial charge is 0.230 e. The van der Waals surface area contributed by atoms with Crippen molar-refractivity contribution >= 4 is 11.6 Å². The topological polar surface area (TPSA) is 46.9 Å². The average Bonchev–Trinajstić information content (AvgIpc) is 2.75. The summed E-state index contributed by atoms with van der Waals surface area (Å²) in [6.07, 6.45) is 8.98. The minimum atomic E-state index is -0.149. The highest BCUT2D eigenvalue weighted by atomic mass is 16.2. The van der Waals surface area contributed by atoms with Gasteiger partial charge in [0.1, 0.15) is 0 Å². The Morgan fingerprint density at radius 1 is 1.26 bits per heavy atom. The number of carbonyl (C=O) groups is 1. The maximum absolute atomic E-state index is 13.3. The van der Waals surface area contributed by atoms with E-state index in [0.717, 1.165) is 43.1 Å². The molecule has 23 heavy (non-hydrogen) atoms. The van der Waals surface area contributed by atoms with Crippen molar-refractivity contribution in [2.75, 3.05) is 5.32 Å². The fourth-order valence-electron chi connectivity index (χ4n) is 6.84. The van der Waals surface area contributed by atoms with E-state index in [-0.39, 0.29) is 11.3 Å². The summed E-state index contributed by atoms with van der Waals surface area (Å²) in [6, 6.07) is 0. The molecule has 4 nitrogen and oxygen atoms in total.